The Morgan fingerprint density at radius 1 is 1.26 bits per heavy atom. The fourth-order valence-corrected chi connectivity index (χ4v) is 6.81. The van der Waals surface area contributed by atoms with Crippen LogP contribution >= 0.6 is 11.8 Å². The van der Waals surface area contributed by atoms with Crippen LogP contribution in [0.25, 0.3) is 0 Å². The van der Waals surface area contributed by atoms with Gasteiger partial charge in [-0.05, 0) is 75.6 Å². The minimum Gasteiger partial charge on any atom is -0.467 e. The van der Waals surface area contributed by atoms with Crippen molar-refractivity contribution < 1.29 is 13.9 Å². The normalized spacial score (nSPS) is 27.9. The summed E-state index contributed by atoms with van der Waals surface area (Å²) in [6.07, 6.45) is 11.7. The van der Waals surface area contributed by atoms with E-state index < -0.39 is 5.54 Å². The van der Waals surface area contributed by atoms with E-state index in [4.69, 9.17) is 9.73 Å². The molecule has 3 atom stereocenters. The fourth-order valence-electron chi connectivity index (χ4n) is 5.99. The first-order valence-electron chi connectivity index (χ1n) is 12.7. The molecule has 3 rings (SSSR count). The van der Waals surface area contributed by atoms with E-state index >= 15 is 0 Å². The molecule has 34 heavy (non-hydrogen) atoms. The first-order valence-corrected chi connectivity index (χ1v) is 14.1. The van der Waals surface area contributed by atoms with Gasteiger partial charge in [-0.15, -0.1) is 0 Å². The van der Waals surface area contributed by atoms with Gasteiger partial charge in [0.2, 0.25) is 0 Å². The standard InChI is InChI=1S/C27H42FN3O2S/c1-6-7-16-31-19-29-27(18-34-5,26(32)33-4)24(31)17-20-8-10-21(11-9-20)25(30(2)3)22-12-14-23(28)15-13-22/h12-15,19-21,24-25H,6-11,16-18H2,1-5H3. The van der Waals surface area contributed by atoms with E-state index in [1.807, 2.05) is 24.7 Å². The third kappa shape index (κ3) is 5.96. The van der Waals surface area contributed by atoms with Gasteiger partial charge >= 0.3 is 5.97 Å². The maximum Gasteiger partial charge on any atom is 0.336 e. The largest absolute Gasteiger partial charge is 0.467 e. The van der Waals surface area contributed by atoms with Gasteiger partial charge in [0.15, 0.2) is 5.54 Å². The average Bonchev–Trinajstić information content (AvgIpc) is 3.17. The molecule has 7 heteroatoms. The molecule has 1 aliphatic carbocycles. The van der Waals surface area contributed by atoms with Crippen LogP contribution in [0, 0.1) is 17.7 Å². The minimum absolute atomic E-state index is 0.0576. The fraction of sp³-hybridized carbons (Fsp3) is 0.704. The zero-order valence-electron chi connectivity index (χ0n) is 21.5. The van der Waals surface area contributed by atoms with Crippen LogP contribution in [-0.2, 0) is 9.53 Å². The van der Waals surface area contributed by atoms with Crippen molar-refractivity contribution in [2.45, 2.75) is 69.5 Å². The summed E-state index contributed by atoms with van der Waals surface area (Å²) in [5, 5.41) is 0. The molecule has 1 saturated carbocycles. The molecule has 0 spiro atoms. The van der Waals surface area contributed by atoms with E-state index in [0.29, 0.717) is 23.6 Å². The lowest BCUT2D eigenvalue weighted by Gasteiger charge is -2.41. The minimum atomic E-state index is -0.807. The highest BCUT2D eigenvalue weighted by Crippen LogP contribution is 2.43. The highest BCUT2D eigenvalue weighted by atomic mass is 32.2. The van der Waals surface area contributed by atoms with Crippen molar-refractivity contribution >= 4 is 24.1 Å². The monoisotopic (exact) mass is 491 g/mol. The van der Waals surface area contributed by atoms with Crippen molar-refractivity contribution in [1.29, 1.82) is 0 Å². The van der Waals surface area contributed by atoms with Crippen molar-refractivity contribution in [3.05, 3.63) is 35.6 Å². The summed E-state index contributed by atoms with van der Waals surface area (Å²) in [5.74, 6) is 1.36. The number of hydrogen-bond donors (Lipinski definition) is 0. The number of carbonyl (C=O) groups excluding carboxylic acids is 1. The molecule has 1 fully saturated rings. The predicted octanol–water partition coefficient (Wildman–Crippen LogP) is 5.41. The Bertz CT molecular complexity index is 811. The van der Waals surface area contributed by atoms with Gasteiger partial charge in [0.1, 0.15) is 5.82 Å². The van der Waals surface area contributed by atoms with Gasteiger partial charge in [-0.2, -0.15) is 11.8 Å². The molecule has 0 aromatic heterocycles. The maximum atomic E-state index is 13.5. The molecular weight excluding hydrogens is 449 g/mol. The number of hydrogen-bond acceptors (Lipinski definition) is 6. The Hall–Kier alpha value is -1.60. The molecule has 2 aliphatic rings. The number of carbonyl (C=O) groups is 1. The second-order valence-electron chi connectivity index (χ2n) is 10.2. The molecule has 1 aromatic rings. The number of aliphatic imine (C=N–C) groups is 1. The molecule has 0 amide bonds. The van der Waals surface area contributed by atoms with Crippen molar-refractivity contribution in [3.63, 3.8) is 0 Å². The summed E-state index contributed by atoms with van der Waals surface area (Å²) in [6.45, 7) is 3.13. The maximum absolute atomic E-state index is 13.5. The van der Waals surface area contributed by atoms with Gasteiger partial charge in [0, 0.05) is 18.3 Å². The summed E-state index contributed by atoms with van der Waals surface area (Å²) < 4.78 is 18.8. The van der Waals surface area contributed by atoms with E-state index in [9.17, 15) is 9.18 Å². The third-order valence-corrected chi connectivity index (χ3v) is 8.45. The van der Waals surface area contributed by atoms with Crippen molar-refractivity contribution in [3.8, 4) is 0 Å². The van der Waals surface area contributed by atoms with Gasteiger partial charge in [-0.3, -0.25) is 4.99 Å². The highest BCUT2D eigenvalue weighted by molar-refractivity contribution is 7.98. The number of rotatable bonds is 11. The number of unbranched alkanes of at least 4 members (excludes halogenated alkanes) is 1. The van der Waals surface area contributed by atoms with Crippen LogP contribution in [0.15, 0.2) is 29.3 Å². The summed E-state index contributed by atoms with van der Waals surface area (Å²) in [6, 6.07) is 7.35. The van der Waals surface area contributed by atoms with Gasteiger partial charge < -0.3 is 14.5 Å². The van der Waals surface area contributed by atoms with E-state index in [2.05, 4.69) is 30.8 Å². The molecule has 1 heterocycles. The summed E-state index contributed by atoms with van der Waals surface area (Å²) in [5.41, 5.74) is 0.383. The lowest BCUT2D eigenvalue weighted by molar-refractivity contribution is -0.147. The number of ether oxygens (including phenoxy) is 1. The topological polar surface area (TPSA) is 45.1 Å². The van der Waals surface area contributed by atoms with Gasteiger partial charge in [0.05, 0.1) is 19.5 Å². The Balaban J connectivity index is 1.71. The second kappa shape index (κ2) is 12.4. The number of thioether (sulfide) groups is 1. The molecule has 3 unspecified atom stereocenters. The lowest BCUT2D eigenvalue weighted by Crippen LogP contribution is -2.54. The molecular formula is C27H42FN3O2S. The Kier molecular flexibility index (Phi) is 9.84. The molecule has 0 radical (unpaired) electrons. The number of benzene rings is 1. The van der Waals surface area contributed by atoms with E-state index in [-0.39, 0.29) is 17.8 Å². The van der Waals surface area contributed by atoms with Crippen molar-refractivity contribution in [2.75, 3.05) is 39.8 Å². The quantitative estimate of drug-likeness (QED) is 0.387. The number of nitrogens with zero attached hydrogens (tertiary/aromatic N) is 3. The van der Waals surface area contributed by atoms with Crippen LogP contribution in [0.5, 0.6) is 0 Å². The average molecular weight is 492 g/mol. The molecule has 5 nitrogen and oxygen atoms in total. The smallest absolute Gasteiger partial charge is 0.336 e. The van der Waals surface area contributed by atoms with E-state index in [1.54, 1.807) is 23.9 Å². The Morgan fingerprint density at radius 3 is 2.50 bits per heavy atom. The number of esters is 1. The Morgan fingerprint density at radius 2 is 1.94 bits per heavy atom. The van der Waals surface area contributed by atoms with Gasteiger partial charge in [-0.1, -0.05) is 38.3 Å². The molecule has 1 aliphatic heterocycles. The van der Waals surface area contributed by atoms with Crippen molar-refractivity contribution in [2.24, 2.45) is 16.8 Å². The first-order chi connectivity index (χ1) is 16.4. The predicted molar refractivity (Wildman–Crippen MR) is 140 cm³/mol. The van der Waals surface area contributed by atoms with E-state index in [1.165, 1.54) is 12.7 Å². The van der Waals surface area contributed by atoms with E-state index in [0.717, 1.165) is 51.5 Å². The molecule has 0 bridgehead atoms. The second-order valence-corrected chi connectivity index (χ2v) is 11.0. The van der Waals surface area contributed by atoms with Crippen LogP contribution in [-0.4, -0.2) is 73.4 Å². The van der Waals surface area contributed by atoms with Gasteiger partial charge in [-0.25, -0.2) is 9.18 Å². The summed E-state index contributed by atoms with van der Waals surface area (Å²) >= 11 is 1.67. The SMILES string of the molecule is CCCCN1C=NC(CSC)(C(=O)OC)C1CC1CCC(C(c2ccc(F)cc2)N(C)C)CC1. The summed E-state index contributed by atoms with van der Waals surface area (Å²) in [7, 11) is 5.72. The van der Waals surface area contributed by atoms with Crippen LogP contribution in [0.4, 0.5) is 4.39 Å². The zero-order chi connectivity index (χ0) is 24.7. The lowest BCUT2D eigenvalue weighted by atomic mass is 9.73. The third-order valence-electron chi connectivity index (χ3n) is 7.72. The van der Waals surface area contributed by atoms with Crippen molar-refractivity contribution in [1.82, 2.24) is 9.80 Å². The number of methoxy groups -OCH3 is 1. The van der Waals surface area contributed by atoms with Crippen LogP contribution in [0.3, 0.4) is 0 Å². The van der Waals surface area contributed by atoms with Crippen LogP contribution in [0.1, 0.15) is 63.5 Å². The molecule has 0 N–H and O–H groups in total. The first kappa shape index (κ1) is 27.0. The highest BCUT2D eigenvalue weighted by Gasteiger charge is 2.52. The molecule has 0 saturated heterocycles. The van der Waals surface area contributed by atoms with Crippen LogP contribution in [0.2, 0.25) is 0 Å². The van der Waals surface area contributed by atoms with Gasteiger partial charge in [0.25, 0.3) is 0 Å². The Labute approximate surface area is 209 Å². The molecule has 190 valence electrons. The zero-order valence-corrected chi connectivity index (χ0v) is 22.3. The molecule has 1 aromatic carbocycles. The number of halogens is 1. The van der Waals surface area contributed by atoms with Crippen LogP contribution < -0.4 is 0 Å². The summed E-state index contributed by atoms with van der Waals surface area (Å²) in [4.78, 5) is 22.4.